The summed E-state index contributed by atoms with van der Waals surface area (Å²) in [7, 11) is 0. The van der Waals surface area contributed by atoms with Crippen LogP contribution in [0.25, 0.3) is 0 Å². The highest BCUT2D eigenvalue weighted by Gasteiger charge is 2.30. The second kappa shape index (κ2) is 10.1. The van der Waals surface area contributed by atoms with Gasteiger partial charge in [-0.3, -0.25) is 0 Å². The van der Waals surface area contributed by atoms with E-state index in [1.54, 1.807) is 24.3 Å². The summed E-state index contributed by atoms with van der Waals surface area (Å²) in [5.41, 5.74) is 2.24. The molecule has 2 aromatic rings. The maximum Gasteiger partial charge on any atom is 0.352 e. The molecule has 3 rings (SSSR count). The van der Waals surface area contributed by atoms with Gasteiger partial charge < -0.3 is 9.47 Å². The molecule has 0 heterocycles. The summed E-state index contributed by atoms with van der Waals surface area (Å²) in [4.78, 5) is 25.5. The molecular formula is C24H28O4. The average molecular weight is 380 g/mol. The summed E-state index contributed by atoms with van der Waals surface area (Å²) in [5, 5.41) is 0. The Kier molecular flexibility index (Phi) is 7.24. The van der Waals surface area contributed by atoms with Crippen molar-refractivity contribution in [1.82, 2.24) is 0 Å². The molecule has 148 valence electrons. The summed E-state index contributed by atoms with van der Waals surface area (Å²) >= 11 is 0. The zero-order chi connectivity index (χ0) is 19.8. The second-order valence-corrected chi connectivity index (χ2v) is 7.34. The molecule has 0 saturated heterocycles. The maximum atomic E-state index is 12.8. The molecule has 2 aromatic carbocycles. The van der Waals surface area contributed by atoms with E-state index in [4.69, 9.17) is 9.47 Å². The molecular weight excluding hydrogens is 352 g/mol. The first kappa shape index (κ1) is 20.1. The summed E-state index contributed by atoms with van der Waals surface area (Å²) in [6, 6.07) is 16.4. The van der Waals surface area contributed by atoms with Gasteiger partial charge >= 0.3 is 11.9 Å². The lowest BCUT2D eigenvalue weighted by atomic mass is 9.97. The smallest absolute Gasteiger partial charge is 0.352 e. The largest absolute Gasteiger partial charge is 0.459 e. The van der Waals surface area contributed by atoms with E-state index in [9.17, 15) is 9.59 Å². The van der Waals surface area contributed by atoms with Crippen molar-refractivity contribution in [2.24, 2.45) is 0 Å². The lowest BCUT2D eigenvalue weighted by molar-refractivity contribution is -0.161. The van der Waals surface area contributed by atoms with Gasteiger partial charge in [0.25, 0.3) is 0 Å². The van der Waals surface area contributed by atoms with Crippen LogP contribution in [0.5, 0.6) is 0 Å². The molecule has 0 aromatic heterocycles. The zero-order valence-corrected chi connectivity index (χ0v) is 16.4. The fourth-order valence-corrected chi connectivity index (χ4v) is 3.56. The van der Waals surface area contributed by atoms with E-state index >= 15 is 0 Å². The number of rotatable bonds is 7. The van der Waals surface area contributed by atoms with E-state index in [1.807, 2.05) is 30.3 Å². The zero-order valence-electron chi connectivity index (χ0n) is 16.4. The summed E-state index contributed by atoms with van der Waals surface area (Å²) in [6.07, 6.45) is 5.95. The third-order valence-corrected chi connectivity index (χ3v) is 5.10. The van der Waals surface area contributed by atoms with Crippen molar-refractivity contribution >= 4 is 11.9 Å². The Labute approximate surface area is 166 Å². The highest BCUT2D eigenvalue weighted by Crippen LogP contribution is 2.26. The molecule has 0 N–H and O–H groups in total. The highest BCUT2D eigenvalue weighted by atomic mass is 16.6. The Hall–Kier alpha value is -2.62. The molecule has 1 unspecified atom stereocenters. The van der Waals surface area contributed by atoms with Crippen molar-refractivity contribution in [3.05, 3.63) is 71.3 Å². The number of ether oxygens (including phenoxy) is 2. The molecule has 0 radical (unpaired) electrons. The van der Waals surface area contributed by atoms with E-state index in [0.717, 1.165) is 38.5 Å². The minimum atomic E-state index is -1.05. The van der Waals surface area contributed by atoms with Crippen molar-refractivity contribution < 1.29 is 19.1 Å². The van der Waals surface area contributed by atoms with Crippen LogP contribution in [0.15, 0.2) is 54.6 Å². The quantitative estimate of drug-likeness (QED) is 0.603. The molecule has 1 saturated carbocycles. The number of carbonyl (C=O) groups excluding carboxylic acids is 2. The van der Waals surface area contributed by atoms with E-state index in [-0.39, 0.29) is 6.10 Å². The van der Waals surface area contributed by atoms with Gasteiger partial charge in [-0.15, -0.1) is 0 Å². The van der Waals surface area contributed by atoms with Crippen LogP contribution in [0.1, 0.15) is 73.0 Å². The van der Waals surface area contributed by atoms with Crippen molar-refractivity contribution in [2.45, 2.75) is 64.1 Å². The minimum absolute atomic E-state index is 0.0838. The van der Waals surface area contributed by atoms with Gasteiger partial charge in [0.1, 0.15) is 6.10 Å². The second-order valence-electron chi connectivity index (χ2n) is 7.34. The molecule has 0 amide bonds. The van der Waals surface area contributed by atoms with Gasteiger partial charge in [-0.05, 0) is 49.8 Å². The van der Waals surface area contributed by atoms with Gasteiger partial charge in [0, 0.05) is 5.56 Å². The molecule has 1 aliphatic rings. The summed E-state index contributed by atoms with van der Waals surface area (Å²) in [6.45, 7) is 2.12. The third-order valence-electron chi connectivity index (χ3n) is 5.10. The highest BCUT2D eigenvalue weighted by molar-refractivity contribution is 5.91. The van der Waals surface area contributed by atoms with Crippen LogP contribution in [-0.2, 0) is 20.7 Å². The van der Waals surface area contributed by atoms with Gasteiger partial charge in [0.2, 0.25) is 6.10 Å². The van der Waals surface area contributed by atoms with E-state index in [2.05, 4.69) is 6.92 Å². The Morgan fingerprint density at radius 1 is 0.964 bits per heavy atom. The van der Waals surface area contributed by atoms with Gasteiger partial charge in [0.15, 0.2) is 0 Å². The van der Waals surface area contributed by atoms with Gasteiger partial charge in [-0.25, -0.2) is 9.59 Å². The Morgan fingerprint density at radius 2 is 1.64 bits per heavy atom. The topological polar surface area (TPSA) is 52.6 Å². The Balaban J connectivity index is 1.73. The van der Waals surface area contributed by atoms with Crippen molar-refractivity contribution in [3.63, 3.8) is 0 Å². The number of aryl methyl sites for hydroxylation is 1. The molecule has 1 fully saturated rings. The summed E-state index contributed by atoms with van der Waals surface area (Å²) in [5.74, 6) is -1.01. The Bertz CT molecular complexity index is 761. The molecule has 0 spiro atoms. The predicted octanol–water partition coefficient (Wildman–Crippen LogP) is 5.41. The van der Waals surface area contributed by atoms with Crippen LogP contribution in [-0.4, -0.2) is 18.0 Å². The molecule has 0 bridgehead atoms. The monoisotopic (exact) mass is 380 g/mol. The van der Waals surface area contributed by atoms with Crippen molar-refractivity contribution in [1.29, 1.82) is 0 Å². The van der Waals surface area contributed by atoms with Crippen LogP contribution in [0.2, 0.25) is 0 Å². The SMILES string of the molecule is CCCc1ccc(C(=O)OC(C(=O)OC2CCCCC2)c2ccccc2)cc1. The number of hydrogen-bond acceptors (Lipinski definition) is 4. The van der Waals surface area contributed by atoms with Crippen LogP contribution in [0.4, 0.5) is 0 Å². The molecule has 0 aliphatic heterocycles. The fraction of sp³-hybridized carbons (Fsp3) is 0.417. The standard InChI is InChI=1S/C24H28O4/c1-2-9-18-14-16-20(17-15-18)23(25)28-22(19-10-5-3-6-11-19)24(26)27-21-12-7-4-8-13-21/h3,5-6,10-11,14-17,21-22H,2,4,7-9,12-13H2,1H3. The number of esters is 2. The summed E-state index contributed by atoms with van der Waals surface area (Å²) < 4.78 is 11.3. The average Bonchev–Trinajstić information content (AvgIpc) is 2.74. The lowest BCUT2D eigenvalue weighted by Gasteiger charge is -2.24. The predicted molar refractivity (Wildman–Crippen MR) is 108 cm³/mol. The van der Waals surface area contributed by atoms with Gasteiger partial charge in [0.05, 0.1) is 5.56 Å². The first-order valence-corrected chi connectivity index (χ1v) is 10.2. The minimum Gasteiger partial charge on any atom is -0.459 e. The molecule has 1 atom stereocenters. The first-order chi connectivity index (χ1) is 13.7. The number of benzene rings is 2. The first-order valence-electron chi connectivity index (χ1n) is 10.2. The van der Waals surface area contributed by atoms with Crippen LogP contribution < -0.4 is 0 Å². The Morgan fingerprint density at radius 3 is 2.29 bits per heavy atom. The normalized spacial score (nSPS) is 15.6. The fourth-order valence-electron chi connectivity index (χ4n) is 3.56. The lowest BCUT2D eigenvalue weighted by Crippen LogP contribution is -2.27. The molecule has 28 heavy (non-hydrogen) atoms. The maximum absolute atomic E-state index is 12.8. The van der Waals surface area contributed by atoms with Crippen LogP contribution in [0, 0.1) is 0 Å². The molecule has 1 aliphatic carbocycles. The van der Waals surface area contributed by atoms with E-state index in [0.29, 0.717) is 11.1 Å². The number of hydrogen-bond donors (Lipinski definition) is 0. The number of carbonyl (C=O) groups is 2. The van der Waals surface area contributed by atoms with Crippen molar-refractivity contribution in [3.8, 4) is 0 Å². The van der Waals surface area contributed by atoms with Crippen molar-refractivity contribution in [2.75, 3.05) is 0 Å². The molecule has 4 heteroatoms. The van der Waals surface area contributed by atoms with E-state index in [1.165, 1.54) is 12.0 Å². The third kappa shape index (κ3) is 5.44. The van der Waals surface area contributed by atoms with Crippen LogP contribution >= 0.6 is 0 Å². The van der Waals surface area contributed by atoms with Gasteiger partial charge in [-0.1, -0.05) is 62.2 Å². The van der Waals surface area contributed by atoms with E-state index < -0.39 is 18.0 Å². The van der Waals surface area contributed by atoms with Gasteiger partial charge in [-0.2, -0.15) is 0 Å². The molecule has 4 nitrogen and oxygen atoms in total. The van der Waals surface area contributed by atoms with Crippen LogP contribution in [0.3, 0.4) is 0 Å².